The molecule has 116 valence electrons. The Hall–Kier alpha value is -1.55. The van der Waals surface area contributed by atoms with E-state index >= 15 is 0 Å². The van der Waals surface area contributed by atoms with Crippen LogP contribution in [0.5, 0.6) is 0 Å². The summed E-state index contributed by atoms with van der Waals surface area (Å²) >= 11 is 0. The third kappa shape index (κ3) is 5.38. The number of amidine groups is 1. The molecule has 1 fully saturated rings. The Morgan fingerprint density at radius 2 is 1.76 bits per heavy atom. The molecule has 1 aliphatic carbocycles. The normalized spacial score (nSPS) is 19.7. The lowest BCUT2D eigenvalue weighted by molar-refractivity contribution is 0.313. The molecule has 1 saturated carbocycles. The highest BCUT2D eigenvalue weighted by Crippen LogP contribution is 2.22. The first-order valence-corrected chi connectivity index (χ1v) is 8.07. The Labute approximate surface area is 127 Å². The molecular formula is C17H27N3O. The maximum Gasteiger partial charge on any atom is 0.141 e. The minimum Gasteiger partial charge on any atom is -0.409 e. The van der Waals surface area contributed by atoms with E-state index in [0.717, 1.165) is 0 Å². The molecule has 1 unspecified atom stereocenters. The first kappa shape index (κ1) is 15.8. The van der Waals surface area contributed by atoms with Crippen molar-refractivity contribution in [2.45, 2.75) is 63.5 Å². The smallest absolute Gasteiger partial charge is 0.141 e. The molecule has 0 aromatic heterocycles. The van der Waals surface area contributed by atoms with E-state index in [9.17, 15) is 0 Å². The van der Waals surface area contributed by atoms with E-state index in [1.807, 2.05) is 18.2 Å². The highest BCUT2D eigenvalue weighted by Gasteiger charge is 2.19. The third-order valence-electron chi connectivity index (χ3n) is 4.29. The van der Waals surface area contributed by atoms with Crippen LogP contribution in [0.2, 0.25) is 0 Å². The number of rotatable bonds is 5. The number of hydrogen-bond donors (Lipinski definition) is 3. The summed E-state index contributed by atoms with van der Waals surface area (Å²) in [6.45, 7) is 0. The Morgan fingerprint density at radius 1 is 1.14 bits per heavy atom. The van der Waals surface area contributed by atoms with Gasteiger partial charge in [-0.1, -0.05) is 67.6 Å². The van der Waals surface area contributed by atoms with E-state index in [-0.39, 0.29) is 11.9 Å². The van der Waals surface area contributed by atoms with Gasteiger partial charge in [0.05, 0.1) is 0 Å². The van der Waals surface area contributed by atoms with E-state index in [1.54, 1.807) is 0 Å². The summed E-state index contributed by atoms with van der Waals surface area (Å²) in [5.74, 6) is 0.280. The monoisotopic (exact) mass is 289 g/mol. The van der Waals surface area contributed by atoms with Crippen LogP contribution in [0.25, 0.3) is 0 Å². The highest BCUT2D eigenvalue weighted by molar-refractivity contribution is 5.80. The van der Waals surface area contributed by atoms with E-state index in [1.165, 1.54) is 50.5 Å². The number of hydrogen-bond acceptors (Lipinski definition) is 3. The topological polar surface area (TPSA) is 70.6 Å². The van der Waals surface area contributed by atoms with Crippen LogP contribution in [0.1, 0.15) is 63.0 Å². The zero-order chi connectivity index (χ0) is 14.9. The van der Waals surface area contributed by atoms with Crippen molar-refractivity contribution >= 4 is 5.84 Å². The molecule has 1 aromatic carbocycles. The lowest BCUT2D eigenvalue weighted by atomic mass is 9.94. The Bertz CT molecular complexity index is 425. The van der Waals surface area contributed by atoms with E-state index < -0.39 is 0 Å². The summed E-state index contributed by atoms with van der Waals surface area (Å²) < 4.78 is 0. The van der Waals surface area contributed by atoms with E-state index in [2.05, 4.69) is 22.6 Å². The predicted octanol–water partition coefficient (Wildman–Crippen LogP) is 3.57. The summed E-state index contributed by atoms with van der Waals surface area (Å²) in [6.07, 6.45) is 9.63. The van der Waals surface area contributed by atoms with Crippen molar-refractivity contribution in [3.8, 4) is 0 Å². The number of nitrogens with two attached hydrogens (primary N) is 1. The average molecular weight is 289 g/mol. The maximum atomic E-state index is 8.85. The fraction of sp³-hybridized carbons (Fsp3) is 0.588. The van der Waals surface area contributed by atoms with Gasteiger partial charge in [0, 0.05) is 18.5 Å². The Morgan fingerprint density at radius 3 is 2.38 bits per heavy atom. The van der Waals surface area contributed by atoms with Crippen molar-refractivity contribution in [2.75, 3.05) is 0 Å². The molecule has 0 saturated heterocycles. The third-order valence-corrected chi connectivity index (χ3v) is 4.29. The molecule has 1 atom stereocenters. The SMILES string of the molecule is NC(CC(NC1CCCCCCC1)c1ccccc1)=NO. The van der Waals surface area contributed by atoms with Gasteiger partial charge in [0.2, 0.25) is 0 Å². The quantitative estimate of drug-likeness (QED) is 0.336. The molecule has 0 bridgehead atoms. The Balaban J connectivity index is 2.03. The van der Waals surface area contributed by atoms with Crippen LogP contribution in [0.15, 0.2) is 35.5 Å². The van der Waals surface area contributed by atoms with Crippen LogP contribution in [0, 0.1) is 0 Å². The first-order valence-electron chi connectivity index (χ1n) is 8.07. The van der Waals surface area contributed by atoms with Crippen LogP contribution >= 0.6 is 0 Å². The van der Waals surface area contributed by atoms with Crippen LogP contribution in [-0.2, 0) is 0 Å². The summed E-state index contributed by atoms with van der Waals surface area (Å²) in [7, 11) is 0. The molecule has 1 aromatic rings. The number of oxime groups is 1. The van der Waals surface area contributed by atoms with Gasteiger partial charge in [0.15, 0.2) is 0 Å². The fourth-order valence-corrected chi connectivity index (χ4v) is 3.12. The van der Waals surface area contributed by atoms with Gasteiger partial charge in [-0.15, -0.1) is 0 Å². The van der Waals surface area contributed by atoms with Crippen LogP contribution in [-0.4, -0.2) is 17.1 Å². The van der Waals surface area contributed by atoms with Crippen molar-refractivity contribution < 1.29 is 5.21 Å². The molecule has 4 heteroatoms. The summed E-state index contributed by atoms with van der Waals surface area (Å²) in [6, 6.07) is 10.9. The molecule has 0 amide bonds. The van der Waals surface area contributed by atoms with E-state index in [0.29, 0.717) is 12.5 Å². The minimum absolute atomic E-state index is 0.117. The van der Waals surface area contributed by atoms with Gasteiger partial charge < -0.3 is 16.3 Å². The van der Waals surface area contributed by atoms with Crippen molar-refractivity contribution in [1.82, 2.24) is 5.32 Å². The van der Waals surface area contributed by atoms with Gasteiger partial charge in [0.1, 0.15) is 5.84 Å². The van der Waals surface area contributed by atoms with Gasteiger partial charge in [-0.3, -0.25) is 0 Å². The lowest BCUT2D eigenvalue weighted by Gasteiger charge is -2.27. The zero-order valence-electron chi connectivity index (χ0n) is 12.7. The largest absolute Gasteiger partial charge is 0.409 e. The van der Waals surface area contributed by atoms with Gasteiger partial charge in [0.25, 0.3) is 0 Å². The molecule has 2 rings (SSSR count). The van der Waals surface area contributed by atoms with Gasteiger partial charge in [-0.05, 0) is 18.4 Å². The Kier molecular flexibility index (Phi) is 6.54. The average Bonchev–Trinajstić information content (AvgIpc) is 2.49. The molecule has 0 radical (unpaired) electrons. The van der Waals surface area contributed by atoms with Crippen LogP contribution < -0.4 is 11.1 Å². The van der Waals surface area contributed by atoms with Gasteiger partial charge >= 0.3 is 0 Å². The lowest BCUT2D eigenvalue weighted by Crippen LogP contribution is -2.35. The molecular weight excluding hydrogens is 262 g/mol. The van der Waals surface area contributed by atoms with Gasteiger partial charge in [-0.2, -0.15) is 0 Å². The zero-order valence-corrected chi connectivity index (χ0v) is 12.7. The molecule has 21 heavy (non-hydrogen) atoms. The van der Waals surface area contributed by atoms with Crippen molar-refractivity contribution in [3.05, 3.63) is 35.9 Å². The molecule has 4 nitrogen and oxygen atoms in total. The number of nitrogens with zero attached hydrogens (tertiary/aromatic N) is 1. The predicted molar refractivity (Wildman–Crippen MR) is 86.5 cm³/mol. The van der Waals surface area contributed by atoms with Crippen LogP contribution in [0.3, 0.4) is 0 Å². The second kappa shape index (κ2) is 8.67. The standard InChI is InChI=1S/C17H27N3O/c18-17(20-21)13-16(14-9-5-4-6-10-14)19-15-11-7-2-1-3-8-12-15/h4-6,9-10,15-16,19,21H,1-3,7-8,11-13H2,(H2,18,20). The maximum absolute atomic E-state index is 8.85. The molecule has 4 N–H and O–H groups in total. The summed E-state index contributed by atoms with van der Waals surface area (Å²) in [5, 5.41) is 15.7. The molecule has 0 spiro atoms. The fourth-order valence-electron chi connectivity index (χ4n) is 3.12. The summed E-state index contributed by atoms with van der Waals surface area (Å²) in [4.78, 5) is 0. The first-order chi connectivity index (χ1) is 10.3. The molecule has 0 aliphatic heterocycles. The van der Waals surface area contributed by atoms with Crippen molar-refractivity contribution in [1.29, 1.82) is 0 Å². The highest BCUT2D eigenvalue weighted by atomic mass is 16.4. The van der Waals surface area contributed by atoms with Crippen LogP contribution in [0.4, 0.5) is 0 Å². The summed E-state index contributed by atoms with van der Waals surface area (Å²) in [5.41, 5.74) is 6.93. The molecule has 1 aliphatic rings. The molecule has 0 heterocycles. The second-order valence-electron chi connectivity index (χ2n) is 5.97. The number of nitrogens with one attached hydrogen (secondary N) is 1. The van der Waals surface area contributed by atoms with E-state index in [4.69, 9.17) is 10.9 Å². The van der Waals surface area contributed by atoms with Gasteiger partial charge in [-0.25, -0.2) is 0 Å². The number of benzene rings is 1. The van der Waals surface area contributed by atoms with Crippen molar-refractivity contribution in [3.63, 3.8) is 0 Å². The van der Waals surface area contributed by atoms with Crippen molar-refractivity contribution in [2.24, 2.45) is 10.9 Å². The minimum atomic E-state index is 0.117. The second-order valence-corrected chi connectivity index (χ2v) is 5.97.